The average Bonchev–Trinajstić information content (AvgIpc) is 2.06. The third kappa shape index (κ3) is 1.62. The lowest BCUT2D eigenvalue weighted by Crippen LogP contribution is -2.26. The summed E-state index contributed by atoms with van der Waals surface area (Å²) < 4.78 is 0. The van der Waals surface area contributed by atoms with E-state index in [-0.39, 0.29) is 6.04 Å². The molecule has 2 rings (SSSR count). The average molecular weight is 191 g/mol. The van der Waals surface area contributed by atoms with Gasteiger partial charge in [-0.15, -0.1) is 0 Å². The van der Waals surface area contributed by atoms with Gasteiger partial charge in [-0.05, 0) is 31.7 Å². The number of hydrogen-bond donors (Lipinski definition) is 2. The molecule has 14 heavy (non-hydrogen) atoms. The maximum Gasteiger partial charge on any atom is 0.120 e. The number of hydrogen-bond acceptors (Lipinski definition) is 2. The van der Waals surface area contributed by atoms with E-state index in [0.29, 0.717) is 11.7 Å². The molecule has 0 aliphatic heterocycles. The summed E-state index contributed by atoms with van der Waals surface area (Å²) >= 11 is 0. The van der Waals surface area contributed by atoms with Crippen LogP contribution in [-0.2, 0) is 0 Å². The Morgan fingerprint density at radius 2 is 2.14 bits per heavy atom. The van der Waals surface area contributed by atoms with Crippen LogP contribution in [0.4, 0.5) is 0 Å². The van der Waals surface area contributed by atoms with Crippen molar-refractivity contribution >= 4 is 0 Å². The van der Waals surface area contributed by atoms with Gasteiger partial charge in [-0.1, -0.05) is 24.1 Å². The summed E-state index contributed by atoms with van der Waals surface area (Å²) in [5.41, 5.74) is 8.18. The summed E-state index contributed by atoms with van der Waals surface area (Å²) in [6, 6.07) is 5.66. The van der Waals surface area contributed by atoms with Crippen LogP contribution in [0, 0.1) is 12.8 Å². The minimum absolute atomic E-state index is 0.0173. The molecule has 0 radical (unpaired) electrons. The van der Waals surface area contributed by atoms with Gasteiger partial charge in [0.1, 0.15) is 5.75 Å². The zero-order valence-corrected chi connectivity index (χ0v) is 8.53. The molecule has 2 nitrogen and oxygen atoms in total. The molecule has 1 atom stereocenters. The van der Waals surface area contributed by atoms with E-state index in [1.165, 1.54) is 19.3 Å². The van der Waals surface area contributed by atoms with Gasteiger partial charge in [-0.3, -0.25) is 0 Å². The molecule has 76 valence electrons. The lowest BCUT2D eigenvalue weighted by atomic mass is 9.77. The molecule has 0 spiro atoms. The first kappa shape index (κ1) is 9.53. The number of nitrogens with two attached hydrogens (primary N) is 1. The van der Waals surface area contributed by atoms with Gasteiger partial charge < -0.3 is 10.8 Å². The second kappa shape index (κ2) is 3.62. The van der Waals surface area contributed by atoms with Crippen molar-refractivity contribution < 1.29 is 5.11 Å². The van der Waals surface area contributed by atoms with Crippen LogP contribution in [0.2, 0.25) is 0 Å². The van der Waals surface area contributed by atoms with Crippen LogP contribution in [0.1, 0.15) is 36.4 Å². The predicted molar refractivity (Wildman–Crippen MR) is 57.1 cm³/mol. The number of benzene rings is 1. The monoisotopic (exact) mass is 191 g/mol. The number of aromatic hydroxyl groups is 1. The summed E-state index contributed by atoms with van der Waals surface area (Å²) in [6.07, 6.45) is 3.69. The van der Waals surface area contributed by atoms with Gasteiger partial charge in [0.15, 0.2) is 0 Å². The normalized spacial score (nSPS) is 19.0. The van der Waals surface area contributed by atoms with E-state index < -0.39 is 0 Å². The van der Waals surface area contributed by atoms with Gasteiger partial charge >= 0.3 is 0 Å². The van der Waals surface area contributed by atoms with E-state index in [1.807, 2.05) is 19.1 Å². The molecule has 1 aromatic rings. The zero-order valence-electron chi connectivity index (χ0n) is 8.53. The molecule has 1 aliphatic rings. The number of rotatable bonds is 2. The second-order valence-corrected chi connectivity index (χ2v) is 4.28. The highest BCUT2D eigenvalue weighted by Gasteiger charge is 2.27. The van der Waals surface area contributed by atoms with E-state index in [1.54, 1.807) is 6.07 Å². The highest BCUT2D eigenvalue weighted by Crippen LogP contribution is 2.38. The van der Waals surface area contributed by atoms with Crippen molar-refractivity contribution in [1.29, 1.82) is 0 Å². The van der Waals surface area contributed by atoms with E-state index in [2.05, 4.69) is 0 Å². The Labute approximate surface area is 84.7 Å². The highest BCUT2D eigenvalue weighted by atomic mass is 16.3. The summed E-state index contributed by atoms with van der Waals surface area (Å²) in [4.78, 5) is 0. The molecule has 1 aliphatic carbocycles. The molecule has 0 amide bonds. The fraction of sp³-hybridized carbons (Fsp3) is 0.500. The van der Waals surface area contributed by atoms with Crippen molar-refractivity contribution in [2.45, 2.75) is 32.2 Å². The molecule has 0 aromatic heterocycles. The maximum absolute atomic E-state index is 9.69. The van der Waals surface area contributed by atoms with Crippen LogP contribution in [0.25, 0.3) is 0 Å². The standard InChI is InChI=1S/C12H17NO/c1-8-5-6-11(14)10(7-8)12(13)9-3-2-4-9/h5-7,9,12,14H,2-4,13H2,1H3/t12-/m0/s1. The van der Waals surface area contributed by atoms with Crippen molar-refractivity contribution in [1.82, 2.24) is 0 Å². The van der Waals surface area contributed by atoms with E-state index in [4.69, 9.17) is 5.73 Å². The Bertz CT molecular complexity index is 331. The third-order valence-corrected chi connectivity index (χ3v) is 3.20. The van der Waals surface area contributed by atoms with Gasteiger partial charge in [0.2, 0.25) is 0 Å². The second-order valence-electron chi connectivity index (χ2n) is 4.28. The lowest BCUT2D eigenvalue weighted by molar-refractivity contribution is 0.260. The fourth-order valence-electron chi connectivity index (χ4n) is 1.99. The molecule has 0 heterocycles. The largest absolute Gasteiger partial charge is 0.508 e. The number of phenolic OH excluding ortho intramolecular Hbond substituents is 1. The van der Waals surface area contributed by atoms with Gasteiger partial charge in [0, 0.05) is 11.6 Å². The van der Waals surface area contributed by atoms with Crippen molar-refractivity contribution in [2.75, 3.05) is 0 Å². The first-order valence-corrected chi connectivity index (χ1v) is 5.23. The highest BCUT2D eigenvalue weighted by molar-refractivity contribution is 5.38. The Morgan fingerprint density at radius 3 is 2.71 bits per heavy atom. The Hall–Kier alpha value is -1.02. The Morgan fingerprint density at radius 1 is 1.43 bits per heavy atom. The van der Waals surface area contributed by atoms with E-state index in [0.717, 1.165) is 11.1 Å². The number of phenols is 1. The SMILES string of the molecule is Cc1ccc(O)c([C@@H](N)C2CCC2)c1. The number of aryl methyl sites for hydroxylation is 1. The molecule has 0 saturated heterocycles. The van der Waals surface area contributed by atoms with Crippen LogP contribution in [0.5, 0.6) is 5.75 Å². The van der Waals surface area contributed by atoms with Crippen molar-refractivity contribution in [3.8, 4) is 5.75 Å². The maximum atomic E-state index is 9.69. The minimum atomic E-state index is 0.0173. The zero-order chi connectivity index (χ0) is 10.1. The minimum Gasteiger partial charge on any atom is -0.508 e. The Kier molecular flexibility index (Phi) is 2.46. The molecule has 3 N–H and O–H groups in total. The van der Waals surface area contributed by atoms with Crippen molar-refractivity contribution in [3.05, 3.63) is 29.3 Å². The molecular formula is C12H17NO. The quantitative estimate of drug-likeness (QED) is 0.754. The molecule has 1 aromatic carbocycles. The molecule has 1 saturated carbocycles. The van der Waals surface area contributed by atoms with Crippen LogP contribution in [0.3, 0.4) is 0 Å². The molecule has 0 bridgehead atoms. The smallest absolute Gasteiger partial charge is 0.120 e. The summed E-state index contributed by atoms with van der Waals surface area (Å²) in [5.74, 6) is 0.915. The Balaban J connectivity index is 2.24. The summed E-state index contributed by atoms with van der Waals surface area (Å²) in [6.45, 7) is 2.02. The van der Waals surface area contributed by atoms with Gasteiger partial charge in [-0.2, -0.15) is 0 Å². The van der Waals surface area contributed by atoms with Crippen molar-refractivity contribution in [3.63, 3.8) is 0 Å². The van der Waals surface area contributed by atoms with E-state index >= 15 is 0 Å². The van der Waals surface area contributed by atoms with Gasteiger partial charge in [0.25, 0.3) is 0 Å². The lowest BCUT2D eigenvalue weighted by Gasteiger charge is -2.31. The molecule has 2 heteroatoms. The predicted octanol–water partition coefficient (Wildman–Crippen LogP) is 2.50. The van der Waals surface area contributed by atoms with Crippen LogP contribution in [0.15, 0.2) is 18.2 Å². The van der Waals surface area contributed by atoms with Gasteiger partial charge in [0.05, 0.1) is 0 Å². The first-order chi connectivity index (χ1) is 6.68. The molecule has 1 fully saturated rings. The third-order valence-electron chi connectivity index (χ3n) is 3.20. The molecule has 0 unspecified atom stereocenters. The fourth-order valence-corrected chi connectivity index (χ4v) is 1.99. The summed E-state index contributed by atoms with van der Waals surface area (Å²) in [7, 11) is 0. The van der Waals surface area contributed by atoms with Crippen LogP contribution in [-0.4, -0.2) is 5.11 Å². The summed E-state index contributed by atoms with van der Waals surface area (Å²) in [5, 5.41) is 9.69. The van der Waals surface area contributed by atoms with Gasteiger partial charge in [-0.25, -0.2) is 0 Å². The molecular weight excluding hydrogens is 174 g/mol. The van der Waals surface area contributed by atoms with Crippen LogP contribution < -0.4 is 5.73 Å². The van der Waals surface area contributed by atoms with E-state index in [9.17, 15) is 5.11 Å². The first-order valence-electron chi connectivity index (χ1n) is 5.23. The van der Waals surface area contributed by atoms with Crippen LogP contribution >= 0.6 is 0 Å². The topological polar surface area (TPSA) is 46.2 Å². The van der Waals surface area contributed by atoms with Crippen molar-refractivity contribution in [2.24, 2.45) is 11.7 Å².